The van der Waals surface area contributed by atoms with Crippen LogP contribution in [0.25, 0.3) is 0 Å². The number of rotatable bonds is 4. The summed E-state index contributed by atoms with van der Waals surface area (Å²) in [5, 5.41) is 9.15. The number of furan rings is 1. The Kier molecular flexibility index (Phi) is 2.55. The third kappa shape index (κ3) is 1.53. The van der Waals surface area contributed by atoms with Crippen LogP contribution in [-0.4, -0.2) is 24.0 Å². The Morgan fingerprint density at radius 1 is 1.56 bits per heavy atom. The molecule has 5 heteroatoms. The van der Waals surface area contributed by atoms with Gasteiger partial charge in [-0.3, -0.25) is 9.59 Å². The van der Waals surface area contributed by atoms with Crippen LogP contribution in [0.3, 0.4) is 0 Å². The molecule has 16 heavy (non-hydrogen) atoms. The minimum atomic E-state index is -1.15. The van der Waals surface area contributed by atoms with Gasteiger partial charge in [0.05, 0.1) is 0 Å². The summed E-state index contributed by atoms with van der Waals surface area (Å²) >= 11 is 0. The molecule has 1 heterocycles. The van der Waals surface area contributed by atoms with E-state index < -0.39 is 11.4 Å². The lowest BCUT2D eigenvalue weighted by Crippen LogP contribution is -2.48. The van der Waals surface area contributed by atoms with Gasteiger partial charge in [-0.2, -0.15) is 0 Å². The number of carbonyl (C=O) groups is 2. The maximum absolute atomic E-state index is 11.2. The van der Waals surface area contributed by atoms with Crippen molar-refractivity contribution < 1.29 is 23.8 Å². The Labute approximate surface area is 92.0 Å². The monoisotopic (exact) mass is 224 g/mol. The van der Waals surface area contributed by atoms with E-state index in [1.54, 1.807) is 12.1 Å². The smallest absolute Gasteiger partial charge is 0.318 e. The van der Waals surface area contributed by atoms with Crippen molar-refractivity contribution in [1.29, 1.82) is 0 Å². The number of hydrogen-bond acceptors (Lipinski definition) is 4. The fourth-order valence-corrected chi connectivity index (χ4v) is 1.91. The minimum absolute atomic E-state index is 0.0161. The van der Waals surface area contributed by atoms with Crippen molar-refractivity contribution in [3.05, 3.63) is 23.7 Å². The van der Waals surface area contributed by atoms with Gasteiger partial charge in [0.15, 0.2) is 0 Å². The Morgan fingerprint density at radius 2 is 2.25 bits per heavy atom. The van der Waals surface area contributed by atoms with Crippen LogP contribution in [0.1, 0.15) is 24.4 Å². The molecule has 5 nitrogen and oxygen atoms in total. The molecule has 1 saturated carbocycles. The summed E-state index contributed by atoms with van der Waals surface area (Å²) in [6.07, 6.45) is 0.0323. The highest BCUT2D eigenvalue weighted by molar-refractivity contribution is 6.00. The first-order valence-corrected chi connectivity index (χ1v) is 4.92. The summed E-state index contributed by atoms with van der Waals surface area (Å²) in [6.45, 7) is 0.295. The fraction of sp³-hybridized carbons (Fsp3) is 0.455. The lowest BCUT2D eigenvalue weighted by Gasteiger charge is -2.33. The molecule has 0 bridgehead atoms. The van der Waals surface area contributed by atoms with E-state index in [1.807, 2.05) is 0 Å². The van der Waals surface area contributed by atoms with Crippen LogP contribution in [0.15, 0.2) is 16.5 Å². The van der Waals surface area contributed by atoms with Crippen molar-refractivity contribution in [3.63, 3.8) is 0 Å². The topological polar surface area (TPSA) is 76.7 Å². The van der Waals surface area contributed by atoms with Gasteiger partial charge in [-0.25, -0.2) is 0 Å². The second-order valence-corrected chi connectivity index (χ2v) is 3.98. The van der Waals surface area contributed by atoms with E-state index in [1.165, 1.54) is 7.11 Å². The lowest BCUT2D eigenvalue weighted by molar-refractivity contribution is -0.154. The van der Waals surface area contributed by atoms with Crippen molar-refractivity contribution in [1.82, 2.24) is 0 Å². The van der Waals surface area contributed by atoms with Gasteiger partial charge in [0, 0.05) is 20.0 Å². The maximum Gasteiger partial charge on any atom is 0.318 e. The fourth-order valence-electron chi connectivity index (χ4n) is 1.91. The van der Waals surface area contributed by atoms with Crippen molar-refractivity contribution in [3.8, 4) is 0 Å². The summed E-state index contributed by atoms with van der Waals surface area (Å²) in [4.78, 5) is 22.2. The number of methoxy groups -OCH3 is 1. The van der Waals surface area contributed by atoms with Crippen molar-refractivity contribution in [2.24, 2.45) is 0 Å². The molecule has 1 aliphatic rings. The maximum atomic E-state index is 11.2. The highest BCUT2D eigenvalue weighted by Gasteiger charge is 2.53. The molecule has 0 spiro atoms. The molecule has 0 amide bonds. The zero-order chi connectivity index (χ0) is 11.8. The largest absolute Gasteiger partial charge is 0.480 e. The molecule has 1 aromatic heterocycles. The number of Topliss-reactive ketones (excluding diaryl/α,β-unsaturated/α-hetero) is 1. The first kappa shape index (κ1) is 10.9. The van der Waals surface area contributed by atoms with Crippen LogP contribution in [0.2, 0.25) is 0 Å². The molecule has 0 atom stereocenters. The third-order valence-corrected chi connectivity index (χ3v) is 2.83. The summed E-state index contributed by atoms with van der Waals surface area (Å²) < 4.78 is 10.3. The van der Waals surface area contributed by atoms with E-state index in [0.29, 0.717) is 18.1 Å². The molecule has 1 N–H and O–H groups in total. The van der Waals surface area contributed by atoms with Gasteiger partial charge < -0.3 is 14.3 Å². The Hall–Kier alpha value is -1.62. The van der Waals surface area contributed by atoms with Crippen molar-refractivity contribution in [2.75, 3.05) is 7.11 Å². The highest BCUT2D eigenvalue weighted by Crippen LogP contribution is 2.42. The van der Waals surface area contributed by atoms with E-state index in [-0.39, 0.29) is 18.6 Å². The zero-order valence-corrected chi connectivity index (χ0v) is 8.86. The molecule has 0 unspecified atom stereocenters. The quantitative estimate of drug-likeness (QED) is 0.829. The van der Waals surface area contributed by atoms with Gasteiger partial charge in [-0.15, -0.1) is 0 Å². The number of carboxylic acids is 1. The van der Waals surface area contributed by atoms with E-state index in [2.05, 4.69) is 0 Å². The summed E-state index contributed by atoms with van der Waals surface area (Å²) in [7, 11) is 1.53. The molecule has 1 aliphatic carbocycles. The highest BCUT2D eigenvalue weighted by atomic mass is 16.5. The van der Waals surface area contributed by atoms with Crippen LogP contribution in [0, 0.1) is 0 Å². The molecule has 2 rings (SSSR count). The zero-order valence-electron chi connectivity index (χ0n) is 8.86. The predicted molar refractivity (Wildman–Crippen MR) is 53.0 cm³/mol. The molecule has 86 valence electrons. The van der Waals surface area contributed by atoms with Crippen LogP contribution in [-0.2, 0) is 26.3 Å². The van der Waals surface area contributed by atoms with Gasteiger partial charge in [-0.05, 0) is 12.1 Å². The van der Waals surface area contributed by atoms with Crippen LogP contribution in [0.4, 0.5) is 0 Å². The van der Waals surface area contributed by atoms with E-state index in [4.69, 9.17) is 14.3 Å². The SMILES string of the molecule is COCc1ccc(C2(C(=O)O)CC(=O)C2)o1. The number of hydrogen-bond donors (Lipinski definition) is 1. The van der Waals surface area contributed by atoms with E-state index in [0.717, 1.165) is 0 Å². The lowest BCUT2D eigenvalue weighted by atomic mass is 9.66. The van der Waals surface area contributed by atoms with Gasteiger partial charge >= 0.3 is 5.97 Å². The number of ether oxygens (including phenoxy) is 1. The van der Waals surface area contributed by atoms with Crippen LogP contribution in [0.5, 0.6) is 0 Å². The van der Waals surface area contributed by atoms with Crippen molar-refractivity contribution in [2.45, 2.75) is 24.9 Å². The Morgan fingerprint density at radius 3 is 2.75 bits per heavy atom. The second-order valence-electron chi connectivity index (χ2n) is 3.98. The van der Waals surface area contributed by atoms with E-state index in [9.17, 15) is 9.59 Å². The van der Waals surface area contributed by atoms with Gasteiger partial charge in [0.1, 0.15) is 29.3 Å². The molecular formula is C11H12O5. The third-order valence-electron chi connectivity index (χ3n) is 2.83. The molecule has 0 aromatic carbocycles. The van der Waals surface area contributed by atoms with Crippen LogP contribution < -0.4 is 0 Å². The van der Waals surface area contributed by atoms with Gasteiger partial charge in [-0.1, -0.05) is 0 Å². The standard InChI is InChI=1S/C11H12O5/c1-15-6-8-2-3-9(16-8)11(10(13)14)4-7(12)5-11/h2-3H,4-6H2,1H3,(H,13,14). The van der Waals surface area contributed by atoms with Gasteiger partial charge in [0.25, 0.3) is 0 Å². The average Bonchev–Trinajstić information content (AvgIpc) is 2.61. The first-order valence-electron chi connectivity index (χ1n) is 4.92. The number of carbonyl (C=O) groups excluding carboxylic acids is 1. The normalized spacial score (nSPS) is 18.2. The van der Waals surface area contributed by atoms with Gasteiger partial charge in [0.2, 0.25) is 0 Å². The molecule has 1 fully saturated rings. The van der Waals surface area contributed by atoms with E-state index >= 15 is 0 Å². The summed E-state index contributed by atoms with van der Waals surface area (Å²) in [6, 6.07) is 3.28. The Balaban J connectivity index is 2.26. The van der Waals surface area contributed by atoms with Crippen molar-refractivity contribution >= 4 is 11.8 Å². The molecule has 0 radical (unpaired) electrons. The Bertz CT molecular complexity index is 423. The summed E-state index contributed by atoms with van der Waals surface area (Å²) in [5.74, 6) is -0.151. The van der Waals surface area contributed by atoms with Crippen LogP contribution >= 0.6 is 0 Å². The summed E-state index contributed by atoms with van der Waals surface area (Å²) in [5.41, 5.74) is -1.15. The molecular weight excluding hydrogens is 212 g/mol. The predicted octanol–water partition coefficient (Wildman–Crippen LogP) is 1.11. The average molecular weight is 224 g/mol. The number of aliphatic carboxylic acids is 1. The molecule has 1 aromatic rings. The molecule has 0 saturated heterocycles. The second kappa shape index (κ2) is 3.75. The number of carboxylic acid groups (broad SMARTS) is 1. The minimum Gasteiger partial charge on any atom is -0.480 e. The molecule has 0 aliphatic heterocycles. The first-order chi connectivity index (χ1) is 7.58. The number of ketones is 1.